The lowest BCUT2D eigenvalue weighted by molar-refractivity contribution is -0.0206. The number of morpholine rings is 1. The average molecular weight is 246 g/mol. The molecule has 6 heteroatoms. The molecule has 1 fully saturated rings. The van der Waals surface area contributed by atoms with Crippen LogP contribution in [0.2, 0.25) is 0 Å². The lowest BCUT2D eigenvalue weighted by Gasteiger charge is -2.33. The first-order valence-corrected chi connectivity index (χ1v) is 5.59. The lowest BCUT2D eigenvalue weighted by atomic mass is 10.2. The number of amides is 1. The first kappa shape index (κ1) is 13.2. The molecule has 1 aliphatic rings. The molecule has 1 aliphatic heterocycles. The van der Waals surface area contributed by atoms with E-state index >= 15 is 0 Å². The number of thiocarbonyl (C=S) groups is 1. The number of nitrogens with zero attached hydrogens (tertiary/aromatic N) is 1. The highest BCUT2D eigenvalue weighted by molar-refractivity contribution is 7.80. The molecule has 1 heterocycles. The molecular weight excluding hydrogens is 228 g/mol. The number of rotatable bonds is 1. The van der Waals surface area contributed by atoms with Crippen molar-refractivity contribution < 1.29 is 14.3 Å². The predicted molar refractivity (Wildman–Crippen MR) is 64.3 cm³/mol. The van der Waals surface area contributed by atoms with Crippen LogP contribution in [-0.2, 0) is 9.47 Å². The summed E-state index contributed by atoms with van der Waals surface area (Å²) >= 11 is 4.84. The molecule has 0 aromatic rings. The van der Waals surface area contributed by atoms with Gasteiger partial charge in [0.05, 0.1) is 13.2 Å². The summed E-state index contributed by atoms with van der Waals surface area (Å²) in [6.07, 6.45) is -0.715. The van der Waals surface area contributed by atoms with Crippen molar-refractivity contribution in [2.45, 2.75) is 32.5 Å². The summed E-state index contributed by atoms with van der Waals surface area (Å²) in [5.41, 5.74) is 4.99. The molecule has 5 nitrogen and oxygen atoms in total. The molecule has 0 saturated carbocycles. The standard InChI is InChI=1S/C10H18N2O3S/c1-10(2,3)15-9(13)12-4-5-14-7(6-12)8(11)16/h7H,4-6H2,1-3H3,(H2,11,16). The van der Waals surface area contributed by atoms with Gasteiger partial charge in [0.15, 0.2) is 0 Å². The molecule has 1 rings (SSSR count). The number of carbonyl (C=O) groups is 1. The van der Waals surface area contributed by atoms with Crippen molar-refractivity contribution in [1.29, 1.82) is 0 Å². The van der Waals surface area contributed by atoms with Crippen LogP contribution < -0.4 is 5.73 Å². The SMILES string of the molecule is CC(C)(C)OC(=O)N1CCOC(C(N)=S)C1. The number of ether oxygens (including phenoxy) is 2. The second kappa shape index (κ2) is 4.97. The summed E-state index contributed by atoms with van der Waals surface area (Å²) in [4.78, 5) is 13.6. The van der Waals surface area contributed by atoms with Crippen molar-refractivity contribution in [2.24, 2.45) is 5.73 Å². The minimum absolute atomic E-state index is 0.272. The molecule has 0 aromatic heterocycles. The maximum Gasteiger partial charge on any atom is 0.410 e. The van der Waals surface area contributed by atoms with Crippen molar-refractivity contribution in [3.8, 4) is 0 Å². The van der Waals surface area contributed by atoms with Gasteiger partial charge >= 0.3 is 6.09 Å². The van der Waals surface area contributed by atoms with E-state index in [0.29, 0.717) is 19.7 Å². The fourth-order valence-electron chi connectivity index (χ4n) is 1.31. The molecule has 92 valence electrons. The number of hydrogen-bond donors (Lipinski definition) is 1. The summed E-state index contributed by atoms with van der Waals surface area (Å²) < 4.78 is 10.6. The zero-order chi connectivity index (χ0) is 12.3. The largest absolute Gasteiger partial charge is 0.444 e. The third-order valence-electron chi connectivity index (χ3n) is 2.04. The Kier molecular flexibility index (Phi) is 4.09. The van der Waals surface area contributed by atoms with E-state index in [0.717, 1.165) is 0 Å². The number of carbonyl (C=O) groups excluding carboxylic acids is 1. The molecule has 1 atom stereocenters. The number of hydrogen-bond acceptors (Lipinski definition) is 4. The molecule has 0 radical (unpaired) electrons. The second-order valence-electron chi connectivity index (χ2n) is 4.69. The van der Waals surface area contributed by atoms with Crippen LogP contribution in [-0.4, -0.2) is 47.4 Å². The molecule has 0 spiro atoms. The van der Waals surface area contributed by atoms with Gasteiger partial charge in [-0.15, -0.1) is 0 Å². The molecule has 0 aromatic carbocycles. The van der Waals surface area contributed by atoms with E-state index < -0.39 is 5.60 Å². The van der Waals surface area contributed by atoms with Crippen LogP contribution in [0.3, 0.4) is 0 Å². The molecule has 0 aliphatic carbocycles. The van der Waals surface area contributed by atoms with Gasteiger partial charge in [-0.05, 0) is 20.8 Å². The van der Waals surface area contributed by atoms with Crippen molar-refractivity contribution in [3.63, 3.8) is 0 Å². The van der Waals surface area contributed by atoms with E-state index in [4.69, 9.17) is 27.4 Å². The monoisotopic (exact) mass is 246 g/mol. The Bertz CT molecular complexity index is 288. The quantitative estimate of drug-likeness (QED) is 0.697. The zero-order valence-corrected chi connectivity index (χ0v) is 10.7. The molecule has 1 unspecified atom stereocenters. The molecule has 16 heavy (non-hydrogen) atoms. The van der Waals surface area contributed by atoms with Gasteiger partial charge in [-0.25, -0.2) is 4.79 Å². The summed E-state index contributed by atoms with van der Waals surface area (Å²) in [6, 6.07) is 0. The molecule has 1 amide bonds. The maximum absolute atomic E-state index is 11.7. The summed E-state index contributed by atoms with van der Waals surface area (Å²) in [6.45, 7) is 6.79. The Labute approximate surface area is 101 Å². The highest BCUT2D eigenvalue weighted by Gasteiger charge is 2.29. The minimum atomic E-state index is -0.492. The van der Waals surface area contributed by atoms with Gasteiger partial charge < -0.3 is 20.1 Å². The van der Waals surface area contributed by atoms with Crippen molar-refractivity contribution in [1.82, 2.24) is 4.90 Å². The van der Waals surface area contributed by atoms with Gasteiger partial charge in [0, 0.05) is 6.54 Å². The third-order valence-corrected chi connectivity index (χ3v) is 2.30. The smallest absolute Gasteiger partial charge is 0.410 e. The van der Waals surface area contributed by atoms with Gasteiger partial charge in [0.1, 0.15) is 16.7 Å². The van der Waals surface area contributed by atoms with Gasteiger partial charge in [-0.3, -0.25) is 0 Å². The second-order valence-corrected chi connectivity index (χ2v) is 5.16. The van der Waals surface area contributed by atoms with Gasteiger partial charge in [-0.1, -0.05) is 12.2 Å². The van der Waals surface area contributed by atoms with Crippen molar-refractivity contribution in [2.75, 3.05) is 19.7 Å². The fraction of sp³-hybridized carbons (Fsp3) is 0.800. The van der Waals surface area contributed by atoms with Crippen LogP contribution in [0.5, 0.6) is 0 Å². The maximum atomic E-state index is 11.7. The van der Waals surface area contributed by atoms with E-state index in [-0.39, 0.29) is 17.2 Å². The Hall–Kier alpha value is -0.880. The normalized spacial score (nSPS) is 21.7. The van der Waals surface area contributed by atoms with E-state index in [2.05, 4.69) is 0 Å². The van der Waals surface area contributed by atoms with Crippen molar-refractivity contribution >= 4 is 23.3 Å². The van der Waals surface area contributed by atoms with E-state index in [1.54, 1.807) is 4.90 Å². The summed E-state index contributed by atoms with van der Waals surface area (Å²) in [5, 5.41) is 0. The predicted octanol–water partition coefficient (Wildman–Crippen LogP) is 0.908. The zero-order valence-electron chi connectivity index (χ0n) is 9.86. The Morgan fingerprint density at radius 1 is 1.56 bits per heavy atom. The lowest BCUT2D eigenvalue weighted by Crippen LogP contribution is -2.51. The molecule has 1 saturated heterocycles. The first-order chi connectivity index (χ1) is 7.29. The molecule has 0 bridgehead atoms. The Morgan fingerprint density at radius 3 is 2.69 bits per heavy atom. The summed E-state index contributed by atoms with van der Waals surface area (Å²) in [7, 11) is 0. The van der Waals surface area contributed by atoms with Crippen LogP contribution in [0.25, 0.3) is 0 Å². The van der Waals surface area contributed by atoms with Crippen LogP contribution in [0.1, 0.15) is 20.8 Å². The van der Waals surface area contributed by atoms with Gasteiger partial charge in [0.25, 0.3) is 0 Å². The van der Waals surface area contributed by atoms with E-state index in [1.165, 1.54) is 0 Å². The van der Waals surface area contributed by atoms with Crippen LogP contribution >= 0.6 is 12.2 Å². The Morgan fingerprint density at radius 2 is 2.19 bits per heavy atom. The Balaban J connectivity index is 2.54. The first-order valence-electron chi connectivity index (χ1n) is 5.18. The van der Waals surface area contributed by atoms with E-state index in [9.17, 15) is 4.79 Å². The van der Waals surface area contributed by atoms with Crippen LogP contribution in [0.15, 0.2) is 0 Å². The minimum Gasteiger partial charge on any atom is -0.444 e. The number of nitrogens with two attached hydrogens (primary N) is 1. The topological polar surface area (TPSA) is 64.8 Å². The highest BCUT2D eigenvalue weighted by atomic mass is 32.1. The third kappa shape index (κ3) is 3.94. The van der Waals surface area contributed by atoms with Crippen LogP contribution in [0, 0.1) is 0 Å². The van der Waals surface area contributed by atoms with E-state index in [1.807, 2.05) is 20.8 Å². The summed E-state index contributed by atoms with van der Waals surface area (Å²) in [5.74, 6) is 0. The average Bonchev–Trinajstić information content (AvgIpc) is 2.15. The highest BCUT2D eigenvalue weighted by Crippen LogP contribution is 2.13. The molecular formula is C10H18N2O3S. The fourth-order valence-corrected chi connectivity index (χ4v) is 1.46. The molecule has 2 N–H and O–H groups in total. The van der Waals surface area contributed by atoms with Gasteiger partial charge in [0.2, 0.25) is 0 Å². The van der Waals surface area contributed by atoms with Crippen LogP contribution in [0.4, 0.5) is 4.79 Å². The van der Waals surface area contributed by atoms with Gasteiger partial charge in [-0.2, -0.15) is 0 Å². The van der Waals surface area contributed by atoms with Crippen molar-refractivity contribution in [3.05, 3.63) is 0 Å².